The molecule has 0 unspecified atom stereocenters. The quantitative estimate of drug-likeness (QED) is 0.674. The molecule has 2 aromatic heterocycles. The lowest BCUT2D eigenvalue weighted by Gasteiger charge is -2.09. The van der Waals surface area contributed by atoms with Crippen molar-refractivity contribution in [1.29, 1.82) is 0 Å². The van der Waals surface area contributed by atoms with Crippen molar-refractivity contribution >= 4 is 21.6 Å². The first kappa shape index (κ1) is 18.7. The Morgan fingerprint density at radius 2 is 1.89 bits per heavy atom. The summed E-state index contributed by atoms with van der Waals surface area (Å²) in [7, 11) is -2.03. The number of pyridine rings is 1. The van der Waals surface area contributed by atoms with Gasteiger partial charge in [0.05, 0.1) is 18.1 Å². The number of benzene rings is 1. The van der Waals surface area contributed by atoms with Crippen LogP contribution in [0.3, 0.4) is 0 Å². The van der Waals surface area contributed by atoms with Gasteiger partial charge in [-0.15, -0.1) is 0 Å². The summed E-state index contributed by atoms with van der Waals surface area (Å²) < 4.78 is 28.8. The minimum absolute atomic E-state index is 0.104. The Balaban J connectivity index is 1.64. The second-order valence-corrected chi connectivity index (χ2v) is 7.63. The van der Waals surface area contributed by atoms with Crippen LogP contribution in [0.15, 0.2) is 60.0 Å². The Labute approximate surface area is 157 Å². The summed E-state index contributed by atoms with van der Waals surface area (Å²) in [5, 5.41) is 2.85. The third-order valence-corrected chi connectivity index (χ3v) is 5.51. The molecule has 0 radical (unpaired) electrons. The number of nitrogens with one attached hydrogen (secondary N) is 2. The molecule has 0 saturated carbocycles. The fourth-order valence-electron chi connectivity index (χ4n) is 2.40. The summed E-state index contributed by atoms with van der Waals surface area (Å²) in [5.74, 6) is 0.347. The van der Waals surface area contributed by atoms with Gasteiger partial charge in [0.1, 0.15) is 5.82 Å². The summed E-state index contributed by atoms with van der Waals surface area (Å²) in [6.07, 6.45) is 4.50. The van der Waals surface area contributed by atoms with Crippen LogP contribution < -0.4 is 10.0 Å². The molecule has 3 aromatic rings. The van der Waals surface area contributed by atoms with Crippen LogP contribution in [0.2, 0.25) is 0 Å². The van der Waals surface area contributed by atoms with E-state index in [-0.39, 0.29) is 17.5 Å². The first-order valence-electron chi connectivity index (χ1n) is 8.15. The highest BCUT2D eigenvalue weighted by Crippen LogP contribution is 2.12. The van der Waals surface area contributed by atoms with Gasteiger partial charge < -0.3 is 9.88 Å². The molecule has 0 atom stereocenters. The molecule has 0 spiro atoms. The molecular formula is C18H19N5O3S. The van der Waals surface area contributed by atoms with Gasteiger partial charge in [0, 0.05) is 25.4 Å². The van der Waals surface area contributed by atoms with Crippen LogP contribution in [-0.2, 0) is 23.6 Å². The van der Waals surface area contributed by atoms with Gasteiger partial charge in [-0.05, 0) is 36.8 Å². The summed E-state index contributed by atoms with van der Waals surface area (Å²) in [5.41, 5.74) is 1.80. The highest BCUT2D eigenvalue weighted by Gasteiger charge is 2.19. The Morgan fingerprint density at radius 3 is 2.48 bits per heavy atom. The highest BCUT2D eigenvalue weighted by atomic mass is 32.2. The normalized spacial score (nSPS) is 11.3. The Hall–Kier alpha value is -3.04. The van der Waals surface area contributed by atoms with E-state index >= 15 is 0 Å². The summed E-state index contributed by atoms with van der Waals surface area (Å²) in [4.78, 5) is 20.1. The van der Waals surface area contributed by atoms with E-state index in [1.165, 1.54) is 10.8 Å². The van der Waals surface area contributed by atoms with Gasteiger partial charge in [-0.1, -0.05) is 12.1 Å². The zero-order valence-corrected chi connectivity index (χ0v) is 15.7. The maximum Gasteiger partial charge on any atom is 0.258 e. The molecule has 0 aliphatic rings. The van der Waals surface area contributed by atoms with E-state index in [0.717, 1.165) is 5.56 Å². The second kappa shape index (κ2) is 7.68. The molecule has 27 heavy (non-hydrogen) atoms. The molecule has 3 rings (SSSR count). The van der Waals surface area contributed by atoms with E-state index in [4.69, 9.17) is 0 Å². The van der Waals surface area contributed by atoms with E-state index in [1.807, 2.05) is 0 Å². The van der Waals surface area contributed by atoms with Crippen LogP contribution in [0.25, 0.3) is 0 Å². The molecule has 2 heterocycles. The molecule has 140 valence electrons. The van der Waals surface area contributed by atoms with Crippen LogP contribution in [0.5, 0.6) is 0 Å². The zero-order valence-electron chi connectivity index (χ0n) is 14.9. The molecule has 0 fully saturated rings. The largest absolute Gasteiger partial charge is 0.321 e. The minimum Gasteiger partial charge on any atom is -0.321 e. The molecule has 0 aliphatic heterocycles. The fraction of sp³-hybridized carbons (Fsp3) is 0.167. The van der Waals surface area contributed by atoms with Crippen molar-refractivity contribution in [2.75, 3.05) is 5.32 Å². The summed E-state index contributed by atoms with van der Waals surface area (Å²) in [6.45, 7) is 1.84. The molecular weight excluding hydrogens is 366 g/mol. The Kier molecular flexibility index (Phi) is 5.33. The second-order valence-electron chi connectivity index (χ2n) is 5.92. The Bertz CT molecular complexity index is 1040. The number of amides is 1. The van der Waals surface area contributed by atoms with Gasteiger partial charge in [-0.3, -0.25) is 9.78 Å². The van der Waals surface area contributed by atoms with Gasteiger partial charge >= 0.3 is 0 Å². The minimum atomic E-state index is -3.67. The number of anilines is 1. The van der Waals surface area contributed by atoms with Crippen LogP contribution in [0.1, 0.15) is 21.7 Å². The number of nitrogens with zero attached hydrogens (tertiary/aromatic N) is 3. The standard InChI is InChI=1S/C18H19N5O3S/c1-13-20-12-17(23(13)2)27(25,26)21-10-14-5-7-15(8-6-14)18(24)22-16-4-3-9-19-11-16/h3-9,11-12,21H,10H2,1-2H3,(H,22,24). The predicted molar refractivity (Wildman–Crippen MR) is 101 cm³/mol. The number of hydrogen-bond acceptors (Lipinski definition) is 5. The van der Waals surface area contributed by atoms with E-state index in [2.05, 4.69) is 20.0 Å². The van der Waals surface area contributed by atoms with Crippen molar-refractivity contribution in [1.82, 2.24) is 19.3 Å². The lowest BCUT2D eigenvalue weighted by Crippen LogP contribution is -2.25. The van der Waals surface area contributed by atoms with Gasteiger partial charge in [0.15, 0.2) is 5.03 Å². The number of carbonyl (C=O) groups is 1. The van der Waals surface area contributed by atoms with Crippen LogP contribution in [0, 0.1) is 6.92 Å². The third kappa shape index (κ3) is 4.39. The van der Waals surface area contributed by atoms with Crippen molar-refractivity contribution in [3.63, 3.8) is 0 Å². The topological polar surface area (TPSA) is 106 Å². The predicted octanol–water partition coefficient (Wildman–Crippen LogP) is 1.85. The number of sulfonamides is 1. The maximum absolute atomic E-state index is 12.4. The van der Waals surface area contributed by atoms with Crippen LogP contribution in [-0.4, -0.2) is 28.9 Å². The average molecular weight is 385 g/mol. The molecule has 1 aromatic carbocycles. The van der Waals surface area contributed by atoms with E-state index in [0.29, 0.717) is 17.1 Å². The first-order valence-corrected chi connectivity index (χ1v) is 9.63. The molecule has 1 amide bonds. The number of carbonyl (C=O) groups excluding carboxylic acids is 1. The van der Waals surface area contributed by atoms with Crippen molar-refractivity contribution in [3.05, 3.63) is 71.9 Å². The van der Waals surface area contributed by atoms with E-state index in [9.17, 15) is 13.2 Å². The molecule has 0 aliphatic carbocycles. The van der Waals surface area contributed by atoms with Crippen LogP contribution >= 0.6 is 0 Å². The van der Waals surface area contributed by atoms with Gasteiger partial charge in [-0.25, -0.2) is 18.1 Å². The maximum atomic E-state index is 12.4. The number of aryl methyl sites for hydroxylation is 1. The van der Waals surface area contributed by atoms with E-state index < -0.39 is 10.0 Å². The zero-order chi connectivity index (χ0) is 19.4. The number of rotatable bonds is 6. The van der Waals surface area contributed by atoms with Gasteiger partial charge in [0.25, 0.3) is 15.9 Å². The lowest BCUT2D eigenvalue weighted by atomic mass is 10.1. The summed E-state index contributed by atoms with van der Waals surface area (Å²) >= 11 is 0. The molecule has 0 bridgehead atoms. The summed E-state index contributed by atoms with van der Waals surface area (Å²) in [6, 6.07) is 10.2. The van der Waals surface area contributed by atoms with Gasteiger partial charge in [-0.2, -0.15) is 0 Å². The number of imidazole rings is 1. The fourth-order valence-corrected chi connectivity index (χ4v) is 3.59. The smallest absolute Gasteiger partial charge is 0.258 e. The first-order chi connectivity index (χ1) is 12.9. The third-order valence-electron chi connectivity index (χ3n) is 4.05. The monoisotopic (exact) mass is 385 g/mol. The molecule has 9 heteroatoms. The lowest BCUT2D eigenvalue weighted by molar-refractivity contribution is 0.102. The molecule has 0 saturated heterocycles. The van der Waals surface area contributed by atoms with Crippen molar-refractivity contribution < 1.29 is 13.2 Å². The average Bonchev–Trinajstić information content (AvgIpc) is 3.01. The Morgan fingerprint density at radius 1 is 1.15 bits per heavy atom. The van der Waals surface area contributed by atoms with Crippen molar-refractivity contribution in [3.8, 4) is 0 Å². The van der Waals surface area contributed by atoms with E-state index in [1.54, 1.807) is 62.8 Å². The van der Waals surface area contributed by atoms with Crippen molar-refractivity contribution in [2.45, 2.75) is 18.5 Å². The molecule has 2 N–H and O–H groups in total. The number of hydrogen-bond donors (Lipinski definition) is 2. The number of aromatic nitrogens is 3. The molecule has 8 nitrogen and oxygen atoms in total. The van der Waals surface area contributed by atoms with Crippen LogP contribution in [0.4, 0.5) is 5.69 Å². The van der Waals surface area contributed by atoms with Gasteiger partial charge in [0.2, 0.25) is 0 Å². The SMILES string of the molecule is Cc1ncc(S(=O)(=O)NCc2ccc(C(=O)Nc3cccnc3)cc2)n1C. The van der Waals surface area contributed by atoms with Crippen molar-refractivity contribution in [2.24, 2.45) is 7.05 Å². The highest BCUT2D eigenvalue weighted by molar-refractivity contribution is 7.89.